The zero-order valence-corrected chi connectivity index (χ0v) is 13.7. The van der Waals surface area contributed by atoms with Gasteiger partial charge in [-0.15, -0.1) is 0 Å². The van der Waals surface area contributed by atoms with Crippen LogP contribution in [0.4, 0.5) is 4.79 Å². The fourth-order valence-corrected chi connectivity index (χ4v) is 3.59. The molecule has 1 amide bonds. The summed E-state index contributed by atoms with van der Waals surface area (Å²) in [7, 11) is 0. The summed E-state index contributed by atoms with van der Waals surface area (Å²) in [5.74, 6) is 0.557. The molecule has 0 aromatic heterocycles. The third-order valence-electron chi connectivity index (χ3n) is 4.58. The molecule has 120 valence electrons. The first-order valence-electron chi connectivity index (χ1n) is 8.19. The lowest BCUT2D eigenvalue weighted by Gasteiger charge is -2.33. The van der Waals surface area contributed by atoms with E-state index in [1.165, 1.54) is 5.56 Å². The van der Waals surface area contributed by atoms with Gasteiger partial charge in [0.25, 0.3) is 0 Å². The molecular formula is C18H26N2O2. The molecule has 3 atom stereocenters. The Labute approximate surface area is 132 Å². The van der Waals surface area contributed by atoms with Gasteiger partial charge in [0.2, 0.25) is 0 Å². The van der Waals surface area contributed by atoms with Gasteiger partial charge >= 0.3 is 6.09 Å². The van der Waals surface area contributed by atoms with E-state index in [0.717, 1.165) is 25.9 Å². The van der Waals surface area contributed by atoms with E-state index in [2.05, 4.69) is 29.6 Å². The number of hydrogen-bond acceptors (Lipinski definition) is 3. The highest BCUT2D eigenvalue weighted by molar-refractivity contribution is 5.69. The van der Waals surface area contributed by atoms with Crippen molar-refractivity contribution >= 4 is 6.09 Å². The number of ether oxygens (including phenoxy) is 1. The Hall–Kier alpha value is -1.55. The van der Waals surface area contributed by atoms with E-state index in [1.54, 1.807) is 0 Å². The second-order valence-electron chi connectivity index (χ2n) is 7.49. The Morgan fingerprint density at radius 1 is 1.27 bits per heavy atom. The van der Waals surface area contributed by atoms with Crippen LogP contribution in [0.5, 0.6) is 0 Å². The number of fused-ring (bicyclic) bond motifs is 2. The van der Waals surface area contributed by atoms with Gasteiger partial charge in [0, 0.05) is 25.2 Å². The second kappa shape index (κ2) is 5.92. The van der Waals surface area contributed by atoms with Crippen molar-refractivity contribution in [2.75, 3.05) is 6.54 Å². The van der Waals surface area contributed by atoms with Crippen molar-refractivity contribution in [1.82, 2.24) is 10.2 Å². The summed E-state index contributed by atoms with van der Waals surface area (Å²) in [4.78, 5) is 14.1. The molecule has 1 aliphatic carbocycles. The topological polar surface area (TPSA) is 41.6 Å². The lowest BCUT2D eigenvalue weighted by molar-refractivity contribution is 0.0174. The summed E-state index contributed by atoms with van der Waals surface area (Å²) in [6.07, 6.45) is 1.99. The number of amides is 1. The SMILES string of the molecule is CC(C)(C)OC(=O)N1C[C@H]2C[C@H]1C[C@@H]2NCc1ccccc1. The number of benzene rings is 1. The first-order valence-corrected chi connectivity index (χ1v) is 8.19. The molecule has 0 unspecified atom stereocenters. The van der Waals surface area contributed by atoms with Crippen LogP contribution in [0.1, 0.15) is 39.2 Å². The first kappa shape index (κ1) is 15.3. The minimum Gasteiger partial charge on any atom is -0.444 e. The number of hydrogen-bond donors (Lipinski definition) is 1. The van der Waals surface area contributed by atoms with Crippen LogP contribution in [0.15, 0.2) is 30.3 Å². The highest BCUT2D eigenvalue weighted by Crippen LogP contribution is 2.38. The van der Waals surface area contributed by atoms with Gasteiger partial charge in [0.1, 0.15) is 5.60 Å². The molecule has 4 heteroatoms. The lowest BCUT2D eigenvalue weighted by Crippen LogP contribution is -2.47. The van der Waals surface area contributed by atoms with Crippen LogP contribution < -0.4 is 5.32 Å². The number of nitrogens with zero attached hydrogens (tertiary/aromatic N) is 1. The van der Waals surface area contributed by atoms with Gasteiger partial charge in [0.05, 0.1) is 0 Å². The molecule has 1 N–H and O–H groups in total. The lowest BCUT2D eigenvalue weighted by atomic mass is 10.0. The monoisotopic (exact) mass is 302 g/mol. The van der Waals surface area contributed by atoms with Gasteiger partial charge in [-0.3, -0.25) is 0 Å². The van der Waals surface area contributed by atoms with Crippen molar-refractivity contribution in [3.8, 4) is 0 Å². The number of carbonyl (C=O) groups is 1. The minimum atomic E-state index is -0.413. The zero-order chi connectivity index (χ0) is 15.7. The molecule has 4 nitrogen and oxygen atoms in total. The van der Waals surface area contributed by atoms with E-state index in [4.69, 9.17) is 4.74 Å². The van der Waals surface area contributed by atoms with Crippen molar-refractivity contribution in [1.29, 1.82) is 0 Å². The van der Waals surface area contributed by atoms with Gasteiger partial charge in [-0.25, -0.2) is 4.79 Å². The zero-order valence-electron chi connectivity index (χ0n) is 13.7. The van der Waals surface area contributed by atoms with E-state index in [9.17, 15) is 4.79 Å². The molecule has 0 radical (unpaired) electrons. The normalized spacial score (nSPS) is 27.2. The Balaban J connectivity index is 1.50. The summed E-state index contributed by atoms with van der Waals surface area (Å²) in [6.45, 7) is 7.49. The molecule has 1 aromatic rings. The maximum atomic E-state index is 12.2. The second-order valence-corrected chi connectivity index (χ2v) is 7.49. The van der Waals surface area contributed by atoms with Gasteiger partial charge in [0.15, 0.2) is 0 Å². The third-order valence-corrected chi connectivity index (χ3v) is 4.58. The molecule has 1 saturated carbocycles. The molecule has 2 bridgehead atoms. The van der Waals surface area contributed by atoms with Crippen LogP contribution >= 0.6 is 0 Å². The van der Waals surface area contributed by atoms with Crippen molar-refractivity contribution in [3.63, 3.8) is 0 Å². The predicted octanol–water partition coefficient (Wildman–Crippen LogP) is 3.17. The fraction of sp³-hybridized carbons (Fsp3) is 0.611. The number of carbonyl (C=O) groups excluding carboxylic acids is 1. The average Bonchev–Trinajstić information content (AvgIpc) is 3.04. The highest BCUT2D eigenvalue weighted by Gasteiger charge is 2.47. The molecule has 1 aliphatic heterocycles. The minimum absolute atomic E-state index is 0.151. The molecule has 22 heavy (non-hydrogen) atoms. The number of piperidine rings is 1. The van der Waals surface area contributed by atoms with Crippen molar-refractivity contribution in [2.24, 2.45) is 5.92 Å². The van der Waals surface area contributed by atoms with Gasteiger partial charge in [-0.2, -0.15) is 0 Å². The van der Waals surface area contributed by atoms with Crippen LogP contribution in [-0.4, -0.2) is 35.2 Å². The van der Waals surface area contributed by atoms with Crippen molar-refractivity contribution in [3.05, 3.63) is 35.9 Å². The summed E-state index contributed by atoms with van der Waals surface area (Å²) < 4.78 is 5.51. The maximum absolute atomic E-state index is 12.2. The molecule has 1 heterocycles. The van der Waals surface area contributed by atoms with Crippen molar-refractivity contribution < 1.29 is 9.53 Å². The van der Waals surface area contributed by atoms with E-state index in [-0.39, 0.29) is 6.09 Å². The van der Waals surface area contributed by atoms with E-state index >= 15 is 0 Å². The summed E-state index contributed by atoms with van der Waals surface area (Å²) in [5.41, 5.74) is 0.901. The summed E-state index contributed by atoms with van der Waals surface area (Å²) in [5, 5.41) is 3.66. The fourth-order valence-electron chi connectivity index (χ4n) is 3.59. The number of rotatable bonds is 3. The standard InChI is InChI=1S/C18H26N2O2/c1-18(2,3)22-17(21)20-12-14-9-15(20)10-16(14)19-11-13-7-5-4-6-8-13/h4-8,14-16,19H,9-12H2,1-3H3/t14-,15+,16+/m1/s1. The van der Waals surface area contributed by atoms with Crippen LogP contribution in [-0.2, 0) is 11.3 Å². The molecule has 2 aliphatic rings. The summed E-state index contributed by atoms with van der Waals surface area (Å²) in [6, 6.07) is 11.3. The van der Waals surface area contributed by atoms with Crippen LogP contribution in [0, 0.1) is 5.92 Å². The van der Waals surface area contributed by atoms with Gasteiger partial charge < -0.3 is 15.0 Å². The average molecular weight is 302 g/mol. The largest absolute Gasteiger partial charge is 0.444 e. The van der Waals surface area contributed by atoms with Gasteiger partial charge in [-0.1, -0.05) is 30.3 Å². The van der Waals surface area contributed by atoms with Crippen LogP contribution in [0.25, 0.3) is 0 Å². The molecule has 3 rings (SSSR count). The Morgan fingerprint density at radius 2 is 2.00 bits per heavy atom. The predicted molar refractivity (Wildman–Crippen MR) is 86.5 cm³/mol. The Morgan fingerprint density at radius 3 is 2.59 bits per heavy atom. The third kappa shape index (κ3) is 3.43. The number of nitrogens with one attached hydrogen (secondary N) is 1. The van der Waals surface area contributed by atoms with E-state index in [0.29, 0.717) is 18.0 Å². The number of likely N-dealkylation sites (tertiary alicyclic amines) is 1. The molecule has 0 spiro atoms. The van der Waals surface area contributed by atoms with Crippen LogP contribution in [0.3, 0.4) is 0 Å². The molecule has 2 fully saturated rings. The van der Waals surface area contributed by atoms with Gasteiger partial charge in [-0.05, 0) is 45.1 Å². The summed E-state index contributed by atoms with van der Waals surface area (Å²) >= 11 is 0. The first-order chi connectivity index (χ1) is 10.4. The molecular weight excluding hydrogens is 276 g/mol. The Kier molecular flexibility index (Phi) is 4.13. The van der Waals surface area contributed by atoms with Crippen LogP contribution in [0.2, 0.25) is 0 Å². The quantitative estimate of drug-likeness (QED) is 0.932. The Bertz CT molecular complexity index is 524. The smallest absolute Gasteiger partial charge is 0.410 e. The molecule has 1 saturated heterocycles. The highest BCUT2D eigenvalue weighted by atomic mass is 16.6. The van der Waals surface area contributed by atoms with E-state index < -0.39 is 5.60 Å². The maximum Gasteiger partial charge on any atom is 0.410 e. The van der Waals surface area contributed by atoms with E-state index in [1.807, 2.05) is 31.7 Å². The molecule has 1 aromatic carbocycles. The van der Waals surface area contributed by atoms with Crippen molar-refractivity contribution in [2.45, 2.75) is 57.8 Å².